The summed E-state index contributed by atoms with van der Waals surface area (Å²) in [7, 11) is 0. The number of rotatable bonds is 9. The van der Waals surface area contributed by atoms with Crippen LogP contribution in [0, 0.1) is 0 Å². The predicted molar refractivity (Wildman–Crippen MR) is 73.0 cm³/mol. The fourth-order valence-corrected chi connectivity index (χ4v) is 1.61. The number of amides is 1. The standard InChI is InChI=1S/C12H26N2OS/c1-10(2)13-8-5-6-12(15)14-9-7-11(3)16-4/h10-11,13H,5-9H2,1-4H3,(H,14,15). The zero-order valence-corrected chi connectivity index (χ0v) is 11.8. The van der Waals surface area contributed by atoms with Crippen molar-refractivity contribution in [1.29, 1.82) is 0 Å². The molecule has 0 bridgehead atoms. The topological polar surface area (TPSA) is 41.1 Å². The first-order valence-electron chi connectivity index (χ1n) is 6.09. The Balaban J connectivity index is 3.31. The van der Waals surface area contributed by atoms with E-state index in [0.717, 1.165) is 25.9 Å². The number of hydrogen-bond donors (Lipinski definition) is 2. The van der Waals surface area contributed by atoms with Gasteiger partial charge in [0, 0.05) is 24.3 Å². The molecule has 1 amide bonds. The molecular formula is C12H26N2OS. The van der Waals surface area contributed by atoms with Gasteiger partial charge in [-0.15, -0.1) is 0 Å². The normalized spacial score (nSPS) is 12.8. The lowest BCUT2D eigenvalue weighted by Crippen LogP contribution is -2.28. The molecule has 0 fully saturated rings. The van der Waals surface area contributed by atoms with Gasteiger partial charge in [-0.2, -0.15) is 11.8 Å². The molecule has 0 aliphatic heterocycles. The fourth-order valence-electron chi connectivity index (χ4n) is 1.26. The lowest BCUT2D eigenvalue weighted by atomic mass is 10.2. The van der Waals surface area contributed by atoms with Gasteiger partial charge in [-0.3, -0.25) is 4.79 Å². The zero-order valence-electron chi connectivity index (χ0n) is 11.0. The molecule has 4 heteroatoms. The molecule has 2 N–H and O–H groups in total. The van der Waals surface area contributed by atoms with E-state index in [2.05, 4.69) is 37.7 Å². The van der Waals surface area contributed by atoms with Gasteiger partial charge in [0.2, 0.25) is 5.91 Å². The second-order valence-electron chi connectivity index (χ2n) is 4.40. The largest absolute Gasteiger partial charge is 0.356 e. The Bertz CT molecular complexity index is 186. The first-order chi connectivity index (χ1) is 7.56. The summed E-state index contributed by atoms with van der Waals surface area (Å²) in [6, 6.07) is 0.505. The van der Waals surface area contributed by atoms with Crippen molar-refractivity contribution in [2.24, 2.45) is 0 Å². The summed E-state index contributed by atoms with van der Waals surface area (Å²) in [5.74, 6) is 0.179. The number of carbonyl (C=O) groups excluding carboxylic acids is 1. The number of nitrogens with one attached hydrogen (secondary N) is 2. The quantitative estimate of drug-likeness (QED) is 0.612. The summed E-state index contributed by atoms with van der Waals surface area (Å²) in [5.41, 5.74) is 0. The lowest BCUT2D eigenvalue weighted by molar-refractivity contribution is -0.121. The molecule has 0 aliphatic rings. The van der Waals surface area contributed by atoms with Crippen molar-refractivity contribution in [2.45, 2.75) is 51.3 Å². The monoisotopic (exact) mass is 246 g/mol. The molecule has 3 nitrogen and oxygen atoms in total. The maximum Gasteiger partial charge on any atom is 0.220 e. The Morgan fingerprint density at radius 2 is 1.94 bits per heavy atom. The number of hydrogen-bond acceptors (Lipinski definition) is 3. The van der Waals surface area contributed by atoms with Gasteiger partial charge >= 0.3 is 0 Å². The van der Waals surface area contributed by atoms with Gasteiger partial charge in [-0.05, 0) is 25.6 Å². The lowest BCUT2D eigenvalue weighted by Gasteiger charge is -2.10. The van der Waals surface area contributed by atoms with Gasteiger partial charge in [0.05, 0.1) is 0 Å². The molecule has 1 unspecified atom stereocenters. The highest BCUT2D eigenvalue weighted by Gasteiger charge is 2.03. The summed E-state index contributed by atoms with van der Waals surface area (Å²) >= 11 is 1.84. The van der Waals surface area contributed by atoms with Crippen LogP contribution in [-0.4, -0.2) is 36.5 Å². The third-order valence-corrected chi connectivity index (χ3v) is 3.45. The van der Waals surface area contributed by atoms with E-state index in [1.54, 1.807) is 0 Å². The van der Waals surface area contributed by atoms with Crippen LogP contribution in [0.25, 0.3) is 0 Å². The van der Waals surface area contributed by atoms with Crippen LogP contribution in [-0.2, 0) is 4.79 Å². The highest BCUT2D eigenvalue weighted by Crippen LogP contribution is 2.07. The molecule has 0 radical (unpaired) electrons. The van der Waals surface area contributed by atoms with Gasteiger partial charge in [0.15, 0.2) is 0 Å². The van der Waals surface area contributed by atoms with Crippen LogP contribution in [0.3, 0.4) is 0 Å². The molecule has 0 aromatic rings. The van der Waals surface area contributed by atoms with E-state index in [4.69, 9.17) is 0 Å². The highest BCUT2D eigenvalue weighted by atomic mass is 32.2. The van der Waals surface area contributed by atoms with E-state index in [1.807, 2.05) is 11.8 Å². The van der Waals surface area contributed by atoms with Crippen molar-refractivity contribution in [1.82, 2.24) is 10.6 Å². The van der Waals surface area contributed by atoms with Crippen LogP contribution in [0.2, 0.25) is 0 Å². The Morgan fingerprint density at radius 3 is 2.50 bits per heavy atom. The molecule has 16 heavy (non-hydrogen) atoms. The first kappa shape index (κ1) is 15.8. The summed E-state index contributed by atoms with van der Waals surface area (Å²) in [6.45, 7) is 8.14. The molecule has 0 aromatic heterocycles. The molecule has 96 valence electrons. The Labute approximate surface area is 104 Å². The van der Waals surface area contributed by atoms with Crippen molar-refractivity contribution in [2.75, 3.05) is 19.3 Å². The van der Waals surface area contributed by atoms with Gasteiger partial charge in [0.25, 0.3) is 0 Å². The third kappa shape index (κ3) is 10.3. The van der Waals surface area contributed by atoms with E-state index in [-0.39, 0.29) is 5.91 Å². The second kappa shape index (κ2) is 9.97. The van der Waals surface area contributed by atoms with E-state index < -0.39 is 0 Å². The molecule has 0 heterocycles. The molecule has 1 atom stereocenters. The van der Waals surface area contributed by atoms with Crippen LogP contribution in [0.4, 0.5) is 0 Å². The predicted octanol–water partition coefficient (Wildman–Crippen LogP) is 2.02. The van der Waals surface area contributed by atoms with Gasteiger partial charge < -0.3 is 10.6 Å². The summed E-state index contributed by atoms with van der Waals surface area (Å²) in [4.78, 5) is 11.4. The zero-order chi connectivity index (χ0) is 12.4. The summed E-state index contributed by atoms with van der Waals surface area (Å²) in [5, 5.41) is 6.88. The highest BCUT2D eigenvalue weighted by molar-refractivity contribution is 7.99. The average molecular weight is 246 g/mol. The van der Waals surface area contributed by atoms with Crippen LogP contribution in [0.5, 0.6) is 0 Å². The van der Waals surface area contributed by atoms with Crippen LogP contribution < -0.4 is 10.6 Å². The minimum Gasteiger partial charge on any atom is -0.356 e. The van der Waals surface area contributed by atoms with E-state index >= 15 is 0 Å². The molecule has 0 spiro atoms. The van der Waals surface area contributed by atoms with E-state index in [0.29, 0.717) is 17.7 Å². The third-order valence-electron chi connectivity index (χ3n) is 2.41. The van der Waals surface area contributed by atoms with Crippen molar-refractivity contribution < 1.29 is 4.79 Å². The van der Waals surface area contributed by atoms with E-state index in [9.17, 15) is 4.79 Å². The first-order valence-corrected chi connectivity index (χ1v) is 7.38. The van der Waals surface area contributed by atoms with Crippen LogP contribution >= 0.6 is 11.8 Å². The molecule has 0 saturated heterocycles. The molecule has 0 aliphatic carbocycles. The molecule has 0 saturated carbocycles. The van der Waals surface area contributed by atoms with Gasteiger partial charge in [-0.1, -0.05) is 20.8 Å². The summed E-state index contributed by atoms with van der Waals surface area (Å²) in [6.07, 6.45) is 4.71. The van der Waals surface area contributed by atoms with Gasteiger partial charge in [-0.25, -0.2) is 0 Å². The Kier molecular flexibility index (Phi) is 9.83. The Morgan fingerprint density at radius 1 is 1.25 bits per heavy atom. The minimum atomic E-state index is 0.179. The summed E-state index contributed by atoms with van der Waals surface area (Å²) < 4.78 is 0. The van der Waals surface area contributed by atoms with Gasteiger partial charge in [0.1, 0.15) is 0 Å². The fraction of sp³-hybridized carbons (Fsp3) is 0.917. The molecular weight excluding hydrogens is 220 g/mol. The maximum atomic E-state index is 11.4. The SMILES string of the molecule is CSC(C)CCNC(=O)CCCNC(C)C. The molecule has 0 rings (SSSR count). The smallest absolute Gasteiger partial charge is 0.220 e. The minimum absolute atomic E-state index is 0.179. The van der Waals surface area contributed by atoms with E-state index in [1.165, 1.54) is 0 Å². The van der Waals surface area contributed by atoms with Crippen molar-refractivity contribution in [3.63, 3.8) is 0 Å². The maximum absolute atomic E-state index is 11.4. The second-order valence-corrected chi connectivity index (χ2v) is 5.67. The Hall–Kier alpha value is -0.220. The van der Waals surface area contributed by atoms with Crippen molar-refractivity contribution in [3.8, 4) is 0 Å². The van der Waals surface area contributed by atoms with Crippen molar-refractivity contribution >= 4 is 17.7 Å². The van der Waals surface area contributed by atoms with Crippen LogP contribution in [0.1, 0.15) is 40.0 Å². The number of carbonyl (C=O) groups is 1. The number of thioether (sulfide) groups is 1. The molecule has 0 aromatic carbocycles. The average Bonchev–Trinajstić information content (AvgIpc) is 2.24. The van der Waals surface area contributed by atoms with Crippen LogP contribution in [0.15, 0.2) is 0 Å². The van der Waals surface area contributed by atoms with Crippen molar-refractivity contribution in [3.05, 3.63) is 0 Å².